The summed E-state index contributed by atoms with van der Waals surface area (Å²) in [5, 5.41) is 4.23. The summed E-state index contributed by atoms with van der Waals surface area (Å²) in [4.78, 5) is 0. The van der Waals surface area contributed by atoms with Crippen molar-refractivity contribution in [3.8, 4) is 33.8 Å². The van der Waals surface area contributed by atoms with Gasteiger partial charge in [-0.15, -0.1) is 0 Å². The Kier molecular flexibility index (Phi) is 14.8. The lowest BCUT2D eigenvalue weighted by Crippen LogP contribution is -2.04. The number of fused-ring (bicyclic) bond motifs is 6. The normalized spacial score (nSPS) is 11.8. The van der Waals surface area contributed by atoms with E-state index in [2.05, 4.69) is 144 Å². The number of rotatable bonds is 24. The second kappa shape index (κ2) is 20.8. The van der Waals surface area contributed by atoms with Gasteiger partial charge in [0.1, 0.15) is 0 Å². The van der Waals surface area contributed by atoms with E-state index < -0.39 is 0 Å². The lowest BCUT2D eigenvalue weighted by Gasteiger charge is -2.15. The lowest BCUT2D eigenvalue weighted by molar-refractivity contribution is 0.566. The maximum absolute atomic E-state index is 2.74. The van der Waals surface area contributed by atoms with E-state index in [1.54, 1.807) is 0 Å². The Morgan fingerprint density at radius 3 is 0.807 bits per heavy atom. The summed E-state index contributed by atoms with van der Waals surface area (Å²) in [6, 6.07) is 41.4. The number of unbranched alkanes of at least 4 members (excludes halogenated alkanes) is 15. The smallest absolute Gasteiger partial charge is 0.0602 e. The second-order valence-electron chi connectivity index (χ2n) is 16.7. The van der Waals surface area contributed by atoms with Gasteiger partial charge < -0.3 is 13.7 Å². The molecule has 0 saturated heterocycles. The topological polar surface area (TPSA) is 14.8 Å². The molecule has 0 N–H and O–H groups in total. The largest absolute Gasteiger partial charge is 0.340 e. The quantitative estimate of drug-likeness (QED) is 0.0545. The van der Waals surface area contributed by atoms with Crippen LogP contribution in [-0.4, -0.2) is 13.7 Å². The van der Waals surface area contributed by atoms with Crippen molar-refractivity contribution >= 4 is 32.7 Å². The number of aromatic nitrogens is 3. The third-order valence-electron chi connectivity index (χ3n) is 12.5. The van der Waals surface area contributed by atoms with Crippen molar-refractivity contribution in [2.75, 3.05) is 0 Å². The van der Waals surface area contributed by atoms with Gasteiger partial charge in [0, 0.05) is 52.9 Å². The Bertz CT molecular complexity index is 1960. The average molecular weight is 760 g/mol. The van der Waals surface area contributed by atoms with Crippen LogP contribution in [0, 0.1) is 0 Å². The Morgan fingerprint density at radius 1 is 0.298 bits per heavy atom. The van der Waals surface area contributed by atoms with E-state index in [9.17, 15) is 0 Å². The van der Waals surface area contributed by atoms with Crippen LogP contribution < -0.4 is 0 Å². The maximum atomic E-state index is 2.74. The summed E-state index contributed by atoms with van der Waals surface area (Å²) in [5.41, 5.74) is 12.3. The van der Waals surface area contributed by atoms with E-state index in [1.165, 1.54) is 182 Å². The summed E-state index contributed by atoms with van der Waals surface area (Å²) in [6.45, 7) is 10.1. The standard InChI is InChI=1S/C54H69N3/c1-4-7-10-13-16-28-37-55-49(43-31-22-19-23-32-43)40-46-52(55)47-41-50(44-33-24-20-25-34-44)56(38-29-17-14-11-8-5-2)54(47)48-42-51(45-35-26-21-27-36-45)57(53(46)48)39-30-18-15-12-9-6-3/h19-27,31-36,40-42H,4-18,28-30,37-39H2,1-3H3. The zero-order valence-corrected chi connectivity index (χ0v) is 35.6. The highest BCUT2D eigenvalue weighted by atomic mass is 15.0. The number of benzene rings is 4. The van der Waals surface area contributed by atoms with Crippen LogP contribution in [0.5, 0.6) is 0 Å². The fourth-order valence-corrected chi connectivity index (χ4v) is 9.45. The predicted molar refractivity (Wildman–Crippen MR) is 249 cm³/mol. The van der Waals surface area contributed by atoms with Gasteiger partial charge in [-0.1, -0.05) is 208 Å². The molecule has 0 atom stereocenters. The Labute approximate surface area is 344 Å². The summed E-state index contributed by atoms with van der Waals surface area (Å²) >= 11 is 0. The Balaban J connectivity index is 1.50. The second-order valence-corrected chi connectivity index (χ2v) is 16.7. The van der Waals surface area contributed by atoms with Crippen molar-refractivity contribution in [1.29, 1.82) is 0 Å². The molecule has 57 heavy (non-hydrogen) atoms. The molecule has 3 nitrogen and oxygen atoms in total. The van der Waals surface area contributed by atoms with Crippen LogP contribution in [0.2, 0.25) is 0 Å². The molecule has 0 bridgehead atoms. The van der Waals surface area contributed by atoms with E-state index in [4.69, 9.17) is 0 Å². The van der Waals surface area contributed by atoms with Crippen LogP contribution in [0.15, 0.2) is 109 Å². The van der Waals surface area contributed by atoms with Crippen molar-refractivity contribution in [2.24, 2.45) is 0 Å². The molecule has 0 aliphatic rings. The zero-order chi connectivity index (χ0) is 39.2. The minimum atomic E-state index is 1.04. The summed E-state index contributed by atoms with van der Waals surface area (Å²) in [6.07, 6.45) is 23.3. The maximum Gasteiger partial charge on any atom is 0.0602 e. The Hall–Kier alpha value is -4.50. The first-order chi connectivity index (χ1) is 28.2. The first kappa shape index (κ1) is 40.7. The SMILES string of the molecule is CCCCCCCCn1c(-c2ccccc2)cc2c1c1cc(-c3ccccc3)n(CCCCCCCC)c1c1cc(-c3ccccc3)n(CCCCCCCC)c21. The van der Waals surface area contributed by atoms with E-state index in [-0.39, 0.29) is 0 Å². The fraction of sp³-hybridized carbons (Fsp3) is 0.444. The molecule has 0 aliphatic carbocycles. The zero-order valence-electron chi connectivity index (χ0n) is 35.6. The van der Waals surface area contributed by atoms with Gasteiger partial charge in [0.2, 0.25) is 0 Å². The minimum absolute atomic E-state index is 1.04. The van der Waals surface area contributed by atoms with Crippen LogP contribution in [-0.2, 0) is 19.6 Å². The molecular formula is C54H69N3. The van der Waals surface area contributed by atoms with Crippen molar-refractivity contribution in [1.82, 2.24) is 13.7 Å². The average Bonchev–Trinajstić information content (AvgIpc) is 3.94. The summed E-state index contributed by atoms with van der Waals surface area (Å²) in [5.74, 6) is 0. The molecule has 0 radical (unpaired) electrons. The Morgan fingerprint density at radius 2 is 0.544 bits per heavy atom. The van der Waals surface area contributed by atoms with Gasteiger partial charge in [0.15, 0.2) is 0 Å². The van der Waals surface area contributed by atoms with E-state index in [0.29, 0.717) is 0 Å². The molecule has 0 saturated carbocycles. The highest BCUT2D eigenvalue weighted by Gasteiger charge is 2.25. The van der Waals surface area contributed by atoms with Crippen molar-refractivity contribution in [2.45, 2.75) is 156 Å². The minimum Gasteiger partial charge on any atom is -0.340 e. The van der Waals surface area contributed by atoms with Gasteiger partial charge in [0.05, 0.1) is 16.6 Å². The van der Waals surface area contributed by atoms with Gasteiger partial charge in [-0.25, -0.2) is 0 Å². The molecule has 300 valence electrons. The third kappa shape index (κ3) is 9.46. The monoisotopic (exact) mass is 760 g/mol. The molecule has 0 unspecified atom stereocenters. The highest BCUT2D eigenvalue weighted by molar-refractivity contribution is 6.25. The van der Waals surface area contributed by atoms with Crippen molar-refractivity contribution < 1.29 is 0 Å². The van der Waals surface area contributed by atoms with Crippen LogP contribution in [0.3, 0.4) is 0 Å². The number of aryl methyl sites for hydroxylation is 3. The van der Waals surface area contributed by atoms with Crippen molar-refractivity contribution in [3.05, 3.63) is 109 Å². The molecule has 3 aromatic heterocycles. The van der Waals surface area contributed by atoms with Gasteiger partial charge >= 0.3 is 0 Å². The molecule has 7 rings (SSSR count). The van der Waals surface area contributed by atoms with E-state index >= 15 is 0 Å². The number of hydrogen-bond donors (Lipinski definition) is 0. The molecule has 0 aliphatic heterocycles. The molecule has 0 amide bonds. The first-order valence-electron chi connectivity index (χ1n) is 23.1. The van der Waals surface area contributed by atoms with E-state index in [1.807, 2.05) is 0 Å². The third-order valence-corrected chi connectivity index (χ3v) is 12.5. The van der Waals surface area contributed by atoms with Gasteiger partial charge in [-0.3, -0.25) is 0 Å². The molecule has 7 aromatic rings. The van der Waals surface area contributed by atoms with Crippen molar-refractivity contribution in [3.63, 3.8) is 0 Å². The van der Waals surface area contributed by atoms with Crippen LogP contribution in [0.4, 0.5) is 0 Å². The van der Waals surface area contributed by atoms with Crippen LogP contribution >= 0.6 is 0 Å². The molecular weight excluding hydrogens is 691 g/mol. The van der Waals surface area contributed by atoms with Crippen LogP contribution in [0.1, 0.15) is 136 Å². The highest BCUT2D eigenvalue weighted by Crippen LogP contribution is 2.45. The number of nitrogens with zero attached hydrogens (tertiary/aromatic N) is 3. The lowest BCUT2D eigenvalue weighted by atomic mass is 10.1. The first-order valence-corrected chi connectivity index (χ1v) is 23.1. The van der Waals surface area contributed by atoms with Gasteiger partial charge in [-0.05, 0) is 54.2 Å². The molecule has 3 heterocycles. The van der Waals surface area contributed by atoms with Gasteiger partial charge in [-0.2, -0.15) is 0 Å². The molecule has 3 heteroatoms. The molecule has 0 fully saturated rings. The van der Waals surface area contributed by atoms with E-state index in [0.717, 1.165) is 19.6 Å². The predicted octanol–water partition coefficient (Wildman–Crippen LogP) is 16.6. The fourth-order valence-electron chi connectivity index (χ4n) is 9.45. The summed E-state index contributed by atoms with van der Waals surface area (Å²) in [7, 11) is 0. The van der Waals surface area contributed by atoms with Gasteiger partial charge in [0.25, 0.3) is 0 Å². The molecule has 4 aromatic carbocycles. The molecule has 0 spiro atoms. The summed E-state index contributed by atoms with van der Waals surface area (Å²) < 4.78 is 8.21. The number of hydrogen-bond acceptors (Lipinski definition) is 0. The van der Waals surface area contributed by atoms with Crippen LogP contribution in [0.25, 0.3) is 66.5 Å².